The predicted molar refractivity (Wildman–Crippen MR) is 46.3 cm³/mol. The summed E-state index contributed by atoms with van der Waals surface area (Å²) in [5.74, 6) is 0.295. The summed E-state index contributed by atoms with van der Waals surface area (Å²) < 4.78 is 0. The molecule has 0 radical (unpaired) electrons. The number of phenolic OH excluding ortho intramolecular Hbond substituents is 2. The summed E-state index contributed by atoms with van der Waals surface area (Å²) in [7, 11) is 0. The second kappa shape index (κ2) is 3.05. The average molecular weight is 170 g/mol. The minimum absolute atomic E-state index is 0.148. The number of rotatable bonds is 1. The summed E-state index contributed by atoms with van der Waals surface area (Å²) in [5, 5.41) is 18.5. The Balaban J connectivity index is 3.21. The number of phenols is 2. The molecule has 0 atom stereocenters. The Morgan fingerprint density at radius 2 is 1.64 bits per heavy atom. The topological polar surface area (TPSA) is 40.5 Å². The van der Waals surface area contributed by atoms with Gasteiger partial charge in [-0.1, -0.05) is 0 Å². The molecular weight excluding hydrogens is 160 g/mol. The van der Waals surface area contributed by atoms with Gasteiger partial charge in [0.2, 0.25) is 0 Å². The summed E-state index contributed by atoms with van der Waals surface area (Å²) in [6, 6.07) is 3.28. The monoisotopic (exact) mass is 170 g/mol. The minimum Gasteiger partial charge on any atom is -0.508 e. The van der Waals surface area contributed by atoms with Crippen LogP contribution in [0, 0.1) is 6.92 Å². The minimum atomic E-state index is 0.148. The zero-order valence-electron chi connectivity index (χ0n) is 6.46. The maximum Gasteiger partial charge on any atom is 0.123 e. The number of thioether (sulfide) groups is 1. The summed E-state index contributed by atoms with van der Waals surface area (Å²) in [5.41, 5.74) is 0.530. The normalized spacial score (nSPS) is 10.0. The van der Waals surface area contributed by atoms with Crippen LogP contribution in [0.4, 0.5) is 0 Å². The molecule has 0 saturated heterocycles. The van der Waals surface area contributed by atoms with Gasteiger partial charge in [0.25, 0.3) is 0 Å². The summed E-state index contributed by atoms with van der Waals surface area (Å²) in [6.45, 7) is 1.68. The van der Waals surface area contributed by atoms with E-state index in [1.165, 1.54) is 11.8 Å². The lowest BCUT2D eigenvalue weighted by molar-refractivity contribution is 0.440. The molecule has 1 rings (SSSR count). The highest BCUT2D eigenvalue weighted by Gasteiger charge is 2.03. The third-order valence-corrected chi connectivity index (χ3v) is 2.27. The molecule has 60 valence electrons. The molecule has 0 bridgehead atoms. The summed E-state index contributed by atoms with van der Waals surface area (Å²) in [4.78, 5) is 0.866. The Morgan fingerprint density at radius 3 is 2.00 bits per heavy atom. The standard InChI is InChI=1S/C8H10O2S/c1-5-7(9)3-6(11-2)4-8(5)10/h3-4,9-10H,1-2H3. The zero-order chi connectivity index (χ0) is 8.43. The van der Waals surface area contributed by atoms with Gasteiger partial charge in [0.15, 0.2) is 0 Å². The van der Waals surface area contributed by atoms with Gasteiger partial charge in [0.1, 0.15) is 11.5 Å². The van der Waals surface area contributed by atoms with Gasteiger partial charge in [-0.05, 0) is 25.3 Å². The molecule has 0 aromatic heterocycles. The van der Waals surface area contributed by atoms with Crippen LogP contribution in [-0.2, 0) is 0 Å². The van der Waals surface area contributed by atoms with Gasteiger partial charge in [-0.2, -0.15) is 0 Å². The van der Waals surface area contributed by atoms with Crippen LogP contribution in [-0.4, -0.2) is 16.5 Å². The number of hydrogen-bond acceptors (Lipinski definition) is 3. The molecular formula is C8H10O2S. The number of aromatic hydroxyl groups is 2. The second-order valence-electron chi connectivity index (χ2n) is 2.29. The number of benzene rings is 1. The van der Waals surface area contributed by atoms with Crippen molar-refractivity contribution in [1.29, 1.82) is 0 Å². The van der Waals surface area contributed by atoms with Crippen LogP contribution in [0.25, 0.3) is 0 Å². The van der Waals surface area contributed by atoms with Gasteiger partial charge < -0.3 is 10.2 Å². The van der Waals surface area contributed by atoms with Crippen molar-refractivity contribution >= 4 is 11.8 Å². The van der Waals surface area contributed by atoms with E-state index in [-0.39, 0.29) is 11.5 Å². The molecule has 2 nitrogen and oxygen atoms in total. The molecule has 0 heterocycles. The lowest BCUT2D eigenvalue weighted by atomic mass is 10.2. The maximum absolute atomic E-state index is 9.24. The van der Waals surface area contributed by atoms with E-state index in [1.807, 2.05) is 6.26 Å². The van der Waals surface area contributed by atoms with Crippen LogP contribution in [0.1, 0.15) is 5.56 Å². The van der Waals surface area contributed by atoms with Crippen molar-refractivity contribution in [1.82, 2.24) is 0 Å². The molecule has 0 aliphatic rings. The Hall–Kier alpha value is -0.830. The molecule has 0 aliphatic carbocycles. The van der Waals surface area contributed by atoms with Crippen LogP contribution in [0.3, 0.4) is 0 Å². The third kappa shape index (κ3) is 1.60. The fraction of sp³-hybridized carbons (Fsp3) is 0.250. The van der Waals surface area contributed by atoms with Gasteiger partial charge in [0, 0.05) is 10.5 Å². The highest BCUT2D eigenvalue weighted by atomic mass is 32.2. The van der Waals surface area contributed by atoms with Gasteiger partial charge >= 0.3 is 0 Å². The fourth-order valence-electron chi connectivity index (χ4n) is 0.777. The molecule has 3 heteroatoms. The van der Waals surface area contributed by atoms with Gasteiger partial charge in [-0.25, -0.2) is 0 Å². The first-order valence-electron chi connectivity index (χ1n) is 3.21. The molecule has 0 amide bonds. The summed E-state index contributed by atoms with van der Waals surface area (Å²) in [6.07, 6.45) is 1.89. The summed E-state index contributed by atoms with van der Waals surface area (Å²) >= 11 is 1.49. The van der Waals surface area contributed by atoms with Crippen LogP contribution >= 0.6 is 11.8 Å². The number of hydrogen-bond donors (Lipinski definition) is 2. The van der Waals surface area contributed by atoms with Crippen LogP contribution in [0.15, 0.2) is 17.0 Å². The van der Waals surface area contributed by atoms with Crippen molar-refractivity contribution in [3.05, 3.63) is 17.7 Å². The molecule has 0 aliphatic heterocycles. The van der Waals surface area contributed by atoms with E-state index < -0.39 is 0 Å². The van der Waals surface area contributed by atoms with Gasteiger partial charge in [-0.15, -0.1) is 11.8 Å². The second-order valence-corrected chi connectivity index (χ2v) is 3.17. The lowest BCUT2D eigenvalue weighted by Crippen LogP contribution is -1.77. The van der Waals surface area contributed by atoms with Crippen molar-refractivity contribution in [2.24, 2.45) is 0 Å². The zero-order valence-corrected chi connectivity index (χ0v) is 7.27. The van der Waals surface area contributed by atoms with Crippen LogP contribution in [0.5, 0.6) is 11.5 Å². The Morgan fingerprint density at radius 1 is 1.18 bits per heavy atom. The van der Waals surface area contributed by atoms with Crippen LogP contribution in [0.2, 0.25) is 0 Å². The van der Waals surface area contributed by atoms with E-state index in [0.717, 1.165) is 4.90 Å². The SMILES string of the molecule is CSc1cc(O)c(C)c(O)c1. The first-order chi connectivity index (χ1) is 5.15. The predicted octanol–water partition coefficient (Wildman–Crippen LogP) is 2.13. The van der Waals surface area contributed by atoms with E-state index in [1.54, 1.807) is 19.1 Å². The third-order valence-electron chi connectivity index (χ3n) is 1.56. The highest BCUT2D eigenvalue weighted by molar-refractivity contribution is 7.98. The molecule has 0 unspecified atom stereocenters. The van der Waals surface area contributed by atoms with Gasteiger partial charge in [-0.3, -0.25) is 0 Å². The first kappa shape index (κ1) is 8.27. The molecule has 0 spiro atoms. The molecule has 1 aromatic carbocycles. The smallest absolute Gasteiger partial charge is 0.123 e. The van der Waals surface area contributed by atoms with Crippen molar-refractivity contribution < 1.29 is 10.2 Å². The average Bonchev–Trinajstić information content (AvgIpc) is 1.99. The molecule has 0 saturated carbocycles. The van der Waals surface area contributed by atoms with E-state index in [4.69, 9.17) is 0 Å². The van der Waals surface area contributed by atoms with E-state index in [9.17, 15) is 10.2 Å². The molecule has 2 N–H and O–H groups in total. The van der Waals surface area contributed by atoms with E-state index >= 15 is 0 Å². The van der Waals surface area contributed by atoms with Gasteiger partial charge in [0.05, 0.1) is 0 Å². The Kier molecular flexibility index (Phi) is 2.29. The molecule has 1 aromatic rings. The van der Waals surface area contributed by atoms with E-state index in [0.29, 0.717) is 5.56 Å². The fourth-order valence-corrected chi connectivity index (χ4v) is 1.24. The van der Waals surface area contributed by atoms with E-state index in [2.05, 4.69) is 0 Å². The largest absolute Gasteiger partial charge is 0.508 e. The molecule has 11 heavy (non-hydrogen) atoms. The van der Waals surface area contributed by atoms with Crippen LogP contribution < -0.4 is 0 Å². The van der Waals surface area contributed by atoms with Crippen molar-refractivity contribution in [3.63, 3.8) is 0 Å². The Labute approximate surface area is 69.9 Å². The molecule has 0 fully saturated rings. The van der Waals surface area contributed by atoms with Crippen molar-refractivity contribution in [2.45, 2.75) is 11.8 Å². The van der Waals surface area contributed by atoms with Crippen molar-refractivity contribution in [3.8, 4) is 11.5 Å². The Bertz CT molecular complexity index is 248. The quantitative estimate of drug-likeness (QED) is 0.634. The first-order valence-corrected chi connectivity index (χ1v) is 4.44. The van der Waals surface area contributed by atoms with Crippen molar-refractivity contribution in [2.75, 3.05) is 6.26 Å². The highest BCUT2D eigenvalue weighted by Crippen LogP contribution is 2.31. The maximum atomic E-state index is 9.24. The lowest BCUT2D eigenvalue weighted by Gasteiger charge is -2.03.